The van der Waals surface area contributed by atoms with Crippen molar-refractivity contribution in [1.82, 2.24) is 0 Å². The Kier molecular flexibility index (Phi) is 11.3. The van der Waals surface area contributed by atoms with Crippen molar-refractivity contribution in [1.29, 1.82) is 0 Å². The average molecular weight is 274 g/mol. The fourth-order valence-corrected chi connectivity index (χ4v) is 2.44. The average Bonchev–Trinajstić information content (AvgIpc) is 2.29. The Morgan fingerprint density at radius 3 is 2.18 bits per heavy atom. The van der Waals surface area contributed by atoms with Crippen molar-refractivity contribution >= 4 is 34.8 Å². The molecule has 0 saturated carbocycles. The van der Waals surface area contributed by atoms with E-state index in [2.05, 4.69) is 26.5 Å². The molecule has 0 heterocycles. The van der Waals surface area contributed by atoms with Gasteiger partial charge in [-0.3, -0.25) is 4.79 Å². The zero-order valence-electron chi connectivity index (χ0n) is 11.2. The van der Waals surface area contributed by atoms with Crippen LogP contribution in [0.15, 0.2) is 0 Å². The zero-order valence-corrected chi connectivity index (χ0v) is 12.9. The molecule has 100 valence electrons. The van der Waals surface area contributed by atoms with Gasteiger partial charge in [-0.1, -0.05) is 64.6 Å². The van der Waals surface area contributed by atoms with Crippen LogP contribution in [0.2, 0.25) is 0 Å². The van der Waals surface area contributed by atoms with E-state index in [0.717, 1.165) is 25.7 Å². The van der Waals surface area contributed by atoms with Crippen LogP contribution in [0.3, 0.4) is 0 Å². The fraction of sp³-hybridized carbons (Fsp3) is 0.857. The molecule has 0 bridgehead atoms. The molecule has 0 aromatic rings. The minimum absolute atomic E-state index is 0.0819. The molecule has 0 fully saturated rings. The normalized spacial score (nSPS) is 12.4. The number of unbranched alkanes of at least 4 members (excludes halogenated alkanes) is 5. The number of ketones is 1. The molecule has 0 amide bonds. The van der Waals surface area contributed by atoms with Crippen molar-refractivity contribution in [2.45, 2.75) is 71.6 Å². The number of hydrogen-bond acceptors (Lipinski definition) is 2. The molecule has 0 radical (unpaired) electrons. The first kappa shape index (κ1) is 17.1. The molecule has 0 aliphatic carbocycles. The lowest BCUT2D eigenvalue weighted by atomic mass is 9.95. The molecule has 0 aliphatic rings. The summed E-state index contributed by atoms with van der Waals surface area (Å²) in [4.78, 5) is 12.0. The van der Waals surface area contributed by atoms with Crippen LogP contribution in [0, 0.1) is 5.92 Å². The van der Waals surface area contributed by atoms with Gasteiger partial charge in [-0.2, -0.15) is 0 Å². The first-order valence-electron chi connectivity index (χ1n) is 6.89. The number of rotatable bonds is 11. The number of Topliss-reactive ketones (excluding diaryl/α,β-unsaturated/α-hetero) is 1. The molecule has 3 heteroatoms. The highest BCUT2D eigenvalue weighted by Gasteiger charge is 2.19. The fourth-order valence-electron chi connectivity index (χ4n) is 1.92. The molecule has 0 rings (SSSR count). The molecule has 1 nitrogen and oxygen atoms in total. The van der Waals surface area contributed by atoms with Crippen LogP contribution < -0.4 is 0 Å². The molecule has 0 aliphatic heterocycles. The van der Waals surface area contributed by atoms with Crippen molar-refractivity contribution in [2.75, 3.05) is 0 Å². The van der Waals surface area contributed by atoms with Crippen LogP contribution in [0.4, 0.5) is 0 Å². The predicted octanol–water partition coefficient (Wildman–Crippen LogP) is 4.98. The van der Waals surface area contributed by atoms with Crippen molar-refractivity contribution < 1.29 is 4.79 Å². The lowest BCUT2D eigenvalue weighted by Gasteiger charge is -2.13. The third-order valence-electron chi connectivity index (χ3n) is 3.06. The summed E-state index contributed by atoms with van der Waals surface area (Å²) in [6.07, 6.45) is 9.60. The molecule has 1 atom stereocenters. The van der Waals surface area contributed by atoms with Crippen LogP contribution in [-0.4, -0.2) is 9.98 Å². The predicted molar refractivity (Wildman–Crippen MR) is 83.0 cm³/mol. The largest absolute Gasteiger partial charge is 0.299 e. The SMILES string of the molecule is CCCCCCC(=O)C(CCCCC)C(=S)S. The van der Waals surface area contributed by atoms with Crippen molar-refractivity contribution in [2.24, 2.45) is 5.92 Å². The van der Waals surface area contributed by atoms with Crippen molar-refractivity contribution in [3.63, 3.8) is 0 Å². The number of carbonyl (C=O) groups excluding carboxylic acids is 1. The molecule has 0 spiro atoms. The van der Waals surface area contributed by atoms with Gasteiger partial charge < -0.3 is 0 Å². The maximum Gasteiger partial charge on any atom is 0.141 e. The van der Waals surface area contributed by atoms with Crippen LogP contribution in [0.5, 0.6) is 0 Å². The van der Waals surface area contributed by atoms with Crippen LogP contribution in [0.1, 0.15) is 71.6 Å². The summed E-state index contributed by atoms with van der Waals surface area (Å²) < 4.78 is 0.585. The quantitative estimate of drug-likeness (QED) is 0.325. The summed E-state index contributed by atoms with van der Waals surface area (Å²) in [5.74, 6) is 0.221. The third-order valence-corrected chi connectivity index (χ3v) is 3.66. The van der Waals surface area contributed by atoms with Crippen LogP contribution in [0.25, 0.3) is 0 Å². The molecule has 0 saturated heterocycles. The van der Waals surface area contributed by atoms with E-state index < -0.39 is 0 Å². The van der Waals surface area contributed by atoms with Gasteiger partial charge in [0, 0.05) is 6.42 Å². The van der Waals surface area contributed by atoms with E-state index in [4.69, 9.17) is 12.2 Å². The highest BCUT2D eigenvalue weighted by atomic mass is 32.1. The van der Waals surface area contributed by atoms with Gasteiger partial charge in [0.2, 0.25) is 0 Å². The summed E-state index contributed by atoms with van der Waals surface area (Å²) in [6.45, 7) is 4.35. The number of thiol groups is 1. The zero-order chi connectivity index (χ0) is 13.1. The summed E-state index contributed by atoms with van der Waals surface area (Å²) in [7, 11) is 0. The molecule has 0 aromatic heterocycles. The van der Waals surface area contributed by atoms with Gasteiger partial charge >= 0.3 is 0 Å². The maximum absolute atomic E-state index is 12.0. The Morgan fingerprint density at radius 1 is 1.06 bits per heavy atom. The van der Waals surface area contributed by atoms with Crippen molar-refractivity contribution in [3.8, 4) is 0 Å². The minimum Gasteiger partial charge on any atom is -0.299 e. The summed E-state index contributed by atoms with van der Waals surface area (Å²) >= 11 is 9.30. The Labute approximate surface area is 117 Å². The Morgan fingerprint density at radius 2 is 1.65 bits per heavy atom. The molecular weight excluding hydrogens is 248 g/mol. The van der Waals surface area contributed by atoms with Crippen LogP contribution >= 0.6 is 24.8 Å². The Hall–Kier alpha value is 0.110. The van der Waals surface area contributed by atoms with Crippen molar-refractivity contribution in [3.05, 3.63) is 0 Å². The summed E-state index contributed by atoms with van der Waals surface area (Å²) in [5.41, 5.74) is 0. The van der Waals surface area contributed by atoms with Gasteiger partial charge in [0.1, 0.15) is 5.78 Å². The monoisotopic (exact) mass is 274 g/mol. The number of carbonyl (C=O) groups is 1. The highest BCUT2D eigenvalue weighted by Crippen LogP contribution is 2.18. The van der Waals surface area contributed by atoms with E-state index in [1.54, 1.807) is 0 Å². The topological polar surface area (TPSA) is 17.1 Å². The third kappa shape index (κ3) is 8.78. The molecule has 0 aromatic carbocycles. The molecule has 17 heavy (non-hydrogen) atoms. The summed E-state index contributed by atoms with van der Waals surface area (Å²) in [5, 5.41) is 0. The Bertz CT molecular complexity index is 226. The molecule has 1 unspecified atom stereocenters. The first-order chi connectivity index (χ1) is 8.13. The van der Waals surface area contributed by atoms with Gasteiger partial charge in [0.25, 0.3) is 0 Å². The second kappa shape index (κ2) is 11.2. The minimum atomic E-state index is -0.0819. The standard InChI is InChI=1S/C14H26OS2/c1-3-5-7-9-11-13(15)12(14(16)17)10-8-6-4-2/h12H,3-11H2,1-2H3,(H,16,17). The maximum atomic E-state index is 12.0. The second-order valence-electron chi connectivity index (χ2n) is 4.66. The Balaban J connectivity index is 3.93. The number of hydrogen-bond donors (Lipinski definition) is 1. The van der Waals surface area contributed by atoms with Gasteiger partial charge in [-0.05, 0) is 12.8 Å². The van der Waals surface area contributed by atoms with Crippen LogP contribution in [-0.2, 0) is 4.79 Å². The second-order valence-corrected chi connectivity index (χ2v) is 5.89. The van der Waals surface area contributed by atoms with Gasteiger partial charge in [-0.25, -0.2) is 0 Å². The lowest BCUT2D eigenvalue weighted by Crippen LogP contribution is -2.19. The van der Waals surface area contributed by atoms with E-state index in [0.29, 0.717) is 16.4 Å². The smallest absolute Gasteiger partial charge is 0.141 e. The summed E-state index contributed by atoms with van der Waals surface area (Å²) in [6, 6.07) is 0. The first-order valence-corrected chi connectivity index (χ1v) is 7.74. The lowest BCUT2D eigenvalue weighted by molar-refractivity contribution is -0.121. The van der Waals surface area contributed by atoms with E-state index in [1.165, 1.54) is 25.7 Å². The van der Waals surface area contributed by atoms with Gasteiger partial charge in [-0.15, -0.1) is 12.6 Å². The van der Waals surface area contributed by atoms with Gasteiger partial charge in [0.05, 0.1) is 10.1 Å². The highest BCUT2D eigenvalue weighted by molar-refractivity contribution is 8.11. The number of thiocarbonyl (C=S) groups is 1. The molecular formula is C14H26OS2. The van der Waals surface area contributed by atoms with E-state index in [-0.39, 0.29) is 5.92 Å². The molecule has 0 N–H and O–H groups in total. The van der Waals surface area contributed by atoms with E-state index in [9.17, 15) is 4.79 Å². The van der Waals surface area contributed by atoms with E-state index in [1.807, 2.05) is 0 Å². The van der Waals surface area contributed by atoms with E-state index >= 15 is 0 Å². The van der Waals surface area contributed by atoms with Gasteiger partial charge in [0.15, 0.2) is 0 Å².